The fraction of sp³-hybridized carbons (Fsp3) is 0.435. The van der Waals surface area contributed by atoms with Crippen LogP contribution in [0.3, 0.4) is 0 Å². The highest BCUT2D eigenvalue weighted by Gasteiger charge is 2.33. The Morgan fingerprint density at radius 1 is 1.18 bits per heavy atom. The Kier molecular flexibility index (Phi) is 7.39. The average Bonchev–Trinajstić information content (AvgIpc) is 3.43. The molecule has 0 radical (unpaired) electrons. The van der Waals surface area contributed by atoms with E-state index in [4.69, 9.17) is 16.3 Å². The monoisotopic (exact) mass is 490 g/mol. The van der Waals surface area contributed by atoms with Gasteiger partial charge in [-0.15, -0.1) is 11.3 Å². The van der Waals surface area contributed by atoms with Crippen molar-refractivity contribution >= 4 is 57.9 Å². The van der Waals surface area contributed by atoms with Crippen molar-refractivity contribution in [2.24, 2.45) is 0 Å². The number of amides is 3. The smallest absolute Gasteiger partial charge is 0.414 e. The molecule has 176 valence electrons. The number of benzene rings is 1. The first-order chi connectivity index (χ1) is 15.9. The third-order valence-corrected chi connectivity index (χ3v) is 6.98. The van der Waals surface area contributed by atoms with Crippen LogP contribution in [0.4, 0.5) is 21.9 Å². The van der Waals surface area contributed by atoms with Crippen LogP contribution in [0.25, 0.3) is 0 Å². The van der Waals surface area contributed by atoms with Gasteiger partial charge in [-0.05, 0) is 49.6 Å². The number of halogens is 1. The Balaban J connectivity index is 1.45. The van der Waals surface area contributed by atoms with E-state index in [-0.39, 0.29) is 18.4 Å². The summed E-state index contributed by atoms with van der Waals surface area (Å²) in [5, 5.41) is 5.77. The highest BCUT2D eigenvalue weighted by atomic mass is 35.5. The van der Waals surface area contributed by atoms with Gasteiger partial charge in [0.2, 0.25) is 5.91 Å². The Bertz CT molecular complexity index is 1040. The molecule has 2 aliphatic heterocycles. The van der Waals surface area contributed by atoms with Gasteiger partial charge in [-0.1, -0.05) is 18.5 Å². The third kappa shape index (κ3) is 5.59. The molecule has 0 saturated carbocycles. The molecule has 2 fully saturated rings. The first-order valence-corrected chi connectivity index (χ1v) is 12.3. The van der Waals surface area contributed by atoms with Gasteiger partial charge in [-0.2, -0.15) is 0 Å². The number of carbonyl (C=O) groups excluding carboxylic acids is 3. The number of carbonyl (C=O) groups is 3. The number of nitrogens with zero attached hydrogens (tertiary/aromatic N) is 2. The Morgan fingerprint density at radius 3 is 2.67 bits per heavy atom. The summed E-state index contributed by atoms with van der Waals surface area (Å²) in [7, 11) is 0. The zero-order valence-corrected chi connectivity index (χ0v) is 20.0. The van der Waals surface area contributed by atoms with Crippen molar-refractivity contribution in [3.8, 4) is 0 Å². The SMILES string of the molecule is CCC(=O)Nc1cc(N2CC(CNC(=O)c3ccc(Cl)s3)OC2=O)ccc1N1CCCCC1. The normalized spacial score (nSPS) is 18.2. The van der Waals surface area contributed by atoms with Crippen molar-refractivity contribution in [1.82, 2.24) is 5.32 Å². The van der Waals surface area contributed by atoms with Crippen molar-refractivity contribution < 1.29 is 19.1 Å². The number of piperidine rings is 1. The van der Waals surface area contributed by atoms with Crippen LogP contribution in [0.2, 0.25) is 4.34 Å². The number of rotatable bonds is 7. The quantitative estimate of drug-likeness (QED) is 0.596. The lowest BCUT2D eigenvalue weighted by atomic mass is 10.1. The van der Waals surface area contributed by atoms with E-state index in [1.54, 1.807) is 19.1 Å². The zero-order chi connectivity index (χ0) is 23.4. The van der Waals surface area contributed by atoms with E-state index < -0.39 is 12.2 Å². The van der Waals surface area contributed by atoms with E-state index in [1.807, 2.05) is 18.2 Å². The predicted molar refractivity (Wildman–Crippen MR) is 131 cm³/mol. The fourth-order valence-corrected chi connectivity index (χ4v) is 4.97. The fourth-order valence-electron chi connectivity index (χ4n) is 4.01. The first-order valence-electron chi connectivity index (χ1n) is 11.1. The van der Waals surface area contributed by atoms with E-state index in [9.17, 15) is 14.4 Å². The molecule has 1 unspecified atom stereocenters. The molecule has 2 saturated heterocycles. The van der Waals surface area contributed by atoms with Crippen LogP contribution in [-0.4, -0.2) is 50.2 Å². The summed E-state index contributed by atoms with van der Waals surface area (Å²) in [6, 6.07) is 8.98. The highest BCUT2D eigenvalue weighted by Crippen LogP contribution is 2.34. The summed E-state index contributed by atoms with van der Waals surface area (Å²) in [5.74, 6) is -0.333. The molecule has 1 aromatic carbocycles. The second-order valence-electron chi connectivity index (χ2n) is 8.08. The lowest BCUT2D eigenvalue weighted by Crippen LogP contribution is -2.34. The van der Waals surface area contributed by atoms with Crippen LogP contribution in [0.15, 0.2) is 30.3 Å². The van der Waals surface area contributed by atoms with Gasteiger partial charge >= 0.3 is 6.09 Å². The van der Waals surface area contributed by atoms with E-state index in [2.05, 4.69) is 15.5 Å². The maximum atomic E-state index is 12.6. The minimum Gasteiger partial charge on any atom is -0.442 e. The Morgan fingerprint density at radius 2 is 1.97 bits per heavy atom. The summed E-state index contributed by atoms with van der Waals surface area (Å²) in [4.78, 5) is 41.3. The summed E-state index contributed by atoms with van der Waals surface area (Å²) in [6.07, 6.45) is 2.85. The van der Waals surface area contributed by atoms with E-state index in [0.717, 1.165) is 31.6 Å². The van der Waals surface area contributed by atoms with Crippen LogP contribution >= 0.6 is 22.9 Å². The van der Waals surface area contributed by atoms with Gasteiger partial charge in [-0.3, -0.25) is 14.5 Å². The van der Waals surface area contributed by atoms with Gasteiger partial charge in [0.05, 0.1) is 33.7 Å². The molecule has 3 heterocycles. The van der Waals surface area contributed by atoms with Crippen molar-refractivity contribution in [2.75, 3.05) is 41.3 Å². The number of nitrogens with one attached hydrogen (secondary N) is 2. The number of ether oxygens (including phenoxy) is 1. The van der Waals surface area contributed by atoms with Gasteiger partial charge in [-0.25, -0.2) is 4.79 Å². The lowest BCUT2D eigenvalue weighted by molar-refractivity contribution is -0.115. The van der Waals surface area contributed by atoms with Crippen LogP contribution < -0.4 is 20.4 Å². The molecule has 0 aliphatic carbocycles. The number of anilines is 3. The van der Waals surface area contributed by atoms with E-state index in [0.29, 0.717) is 33.6 Å². The number of cyclic esters (lactones) is 1. The van der Waals surface area contributed by atoms with Gasteiger partial charge in [0, 0.05) is 25.2 Å². The molecule has 8 nitrogen and oxygen atoms in total. The van der Waals surface area contributed by atoms with Crippen molar-refractivity contribution in [1.29, 1.82) is 0 Å². The first kappa shape index (κ1) is 23.4. The molecule has 2 N–H and O–H groups in total. The summed E-state index contributed by atoms with van der Waals surface area (Å²) in [6.45, 7) is 4.19. The van der Waals surface area contributed by atoms with Crippen LogP contribution in [-0.2, 0) is 9.53 Å². The molecule has 33 heavy (non-hydrogen) atoms. The van der Waals surface area contributed by atoms with Gasteiger partial charge < -0.3 is 20.3 Å². The highest BCUT2D eigenvalue weighted by molar-refractivity contribution is 7.18. The van der Waals surface area contributed by atoms with Crippen molar-refractivity contribution in [2.45, 2.75) is 38.7 Å². The van der Waals surface area contributed by atoms with Gasteiger partial charge in [0.15, 0.2) is 0 Å². The summed E-state index contributed by atoms with van der Waals surface area (Å²) in [5.41, 5.74) is 2.30. The number of hydrogen-bond donors (Lipinski definition) is 2. The Hall–Kier alpha value is -2.78. The number of hydrogen-bond acceptors (Lipinski definition) is 6. The van der Waals surface area contributed by atoms with Crippen LogP contribution in [0.5, 0.6) is 0 Å². The number of thiophene rings is 1. The molecular formula is C23H27ClN4O4S. The van der Waals surface area contributed by atoms with Gasteiger partial charge in [0.25, 0.3) is 5.91 Å². The molecule has 0 bridgehead atoms. The molecule has 3 amide bonds. The van der Waals surface area contributed by atoms with E-state index >= 15 is 0 Å². The molecule has 2 aliphatic rings. The van der Waals surface area contributed by atoms with Crippen LogP contribution in [0.1, 0.15) is 42.3 Å². The van der Waals surface area contributed by atoms with Gasteiger partial charge in [0.1, 0.15) is 6.10 Å². The topological polar surface area (TPSA) is 91.0 Å². The maximum absolute atomic E-state index is 12.6. The Labute approximate surface area is 201 Å². The van der Waals surface area contributed by atoms with Crippen LogP contribution in [0, 0.1) is 0 Å². The lowest BCUT2D eigenvalue weighted by Gasteiger charge is -2.31. The predicted octanol–water partition coefficient (Wildman–Crippen LogP) is 4.50. The average molecular weight is 491 g/mol. The van der Waals surface area contributed by atoms with E-state index in [1.165, 1.54) is 22.7 Å². The summed E-state index contributed by atoms with van der Waals surface area (Å²) < 4.78 is 6.00. The maximum Gasteiger partial charge on any atom is 0.414 e. The molecule has 10 heteroatoms. The minimum absolute atomic E-state index is 0.0799. The zero-order valence-electron chi connectivity index (χ0n) is 18.4. The second-order valence-corrected chi connectivity index (χ2v) is 9.80. The largest absolute Gasteiger partial charge is 0.442 e. The second kappa shape index (κ2) is 10.4. The molecule has 1 aromatic heterocycles. The molecule has 0 spiro atoms. The van der Waals surface area contributed by atoms with Crippen molar-refractivity contribution in [3.05, 3.63) is 39.5 Å². The summed E-state index contributed by atoms with van der Waals surface area (Å²) >= 11 is 7.08. The molecule has 2 aromatic rings. The van der Waals surface area contributed by atoms with Crippen molar-refractivity contribution in [3.63, 3.8) is 0 Å². The minimum atomic E-state index is -0.480. The molecule has 4 rings (SSSR count). The third-order valence-electron chi connectivity index (χ3n) is 5.75. The standard InChI is InChI=1S/C23H27ClN4O4S/c1-2-21(29)26-17-12-15(6-7-18(17)27-10-4-3-5-11-27)28-14-16(32-23(28)31)13-25-22(30)19-8-9-20(24)33-19/h6-9,12,16H,2-5,10-11,13-14H2,1H3,(H,25,30)(H,26,29). The molecule has 1 atom stereocenters. The molecular weight excluding hydrogens is 464 g/mol.